The quantitative estimate of drug-likeness (QED) is 0.587. The second-order valence-electron chi connectivity index (χ2n) is 3.78. The molecule has 0 unspecified atom stereocenters. The number of halogens is 1. The smallest absolute Gasteiger partial charge is 0.165 e. The molecule has 0 aliphatic rings. The summed E-state index contributed by atoms with van der Waals surface area (Å²) in [6.07, 6.45) is 1.70. The summed E-state index contributed by atoms with van der Waals surface area (Å²) < 4.78 is 12.2. The zero-order valence-electron chi connectivity index (χ0n) is 10.4. The van der Waals surface area contributed by atoms with Crippen LogP contribution in [0.2, 0.25) is 5.15 Å². The second kappa shape index (κ2) is 6.08. The Kier molecular flexibility index (Phi) is 4.46. The number of ether oxygens (including phenoxy) is 2. The van der Waals surface area contributed by atoms with E-state index in [1.165, 1.54) is 0 Å². The maximum absolute atomic E-state index is 6.00. The number of hydrogen-bond donors (Lipinski definition) is 0. The van der Waals surface area contributed by atoms with Crippen molar-refractivity contribution in [1.29, 1.82) is 0 Å². The molecule has 0 aliphatic carbocycles. The summed E-state index contributed by atoms with van der Waals surface area (Å²) in [7, 11) is 1.65. The minimum atomic E-state index is 0.386. The summed E-state index contributed by atoms with van der Waals surface area (Å²) in [5, 5.41) is 0.386. The summed E-state index contributed by atoms with van der Waals surface area (Å²) >= 11 is 6.00. The molecule has 7 heteroatoms. The van der Waals surface area contributed by atoms with Gasteiger partial charge in [-0.15, -0.1) is 0 Å². The van der Waals surface area contributed by atoms with E-state index in [0.29, 0.717) is 42.9 Å². The zero-order chi connectivity index (χ0) is 13.0. The SMILES string of the molecule is COCCOCCn1cnc2c(Cl)nc(C)nc21. The molecular weight excluding hydrogens is 256 g/mol. The van der Waals surface area contributed by atoms with Crippen LogP contribution in [0, 0.1) is 6.92 Å². The van der Waals surface area contributed by atoms with Gasteiger partial charge in [-0.25, -0.2) is 15.0 Å². The number of hydrogen-bond acceptors (Lipinski definition) is 5. The molecule has 98 valence electrons. The van der Waals surface area contributed by atoms with E-state index in [2.05, 4.69) is 15.0 Å². The molecule has 18 heavy (non-hydrogen) atoms. The van der Waals surface area contributed by atoms with E-state index in [1.807, 2.05) is 4.57 Å². The first-order valence-corrected chi connectivity index (χ1v) is 6.02. The Labute approximate surface area is 110 Å². The normalized spacial score (nSPS) is 11.3. The molecular formula is C11H15ClN4O2. The molecule has 0 radical (unpaired) electrons. The van der Waals surface area contributed by atoms with Crippen molar-refractivity contribution in [3.05, 3.63) is 17.3 Å². The van der Waals surface area contributed by atoms with Gasteiger partial charge < -0.3 is 14.0 Å². The average Bonchev–Trinajstić information content (AvgIpc) is 2.72. The van der Waals surface area contributed by atoms with E-state index in [1.54, 1.807) is 20.4 Å². The second-order valence-corrected chi connectivity index (χ2v) is 4.13. The lowest BCUT2D eigenvalue weighted by Gasteiger charge is -2.05. The van der Waals surface area contributed by atoms with Crippen molar-refractivity contribution in [2.75, 3.05) is 26.9 Å². The molecule has 2 heterocycles. The van der Waals surface area contributed by atoms with Gasteiger partial charge in [-0.1, -0.05) is 11.6 Å². The summed E-state index contributed by atoms with van der Waals surface area (Å²) in [5.74, 6) is 0.634. The number of imidazole rings is 1. The standard InChI is InChI=1S/C11H15ClN4O2/c1-8-14-10(12)9-11(15-8)16(7-13-9)3-4-18-6-5-17-2/h7H,3-6H2,1-2H3. The van der Waals surface area contributed by atoms with Crippen LogP contribution in [0.25, 0.3) is 11.2 Å². The number of methoxy groups -OCH3 is 1. The van der Waals surface area contributed by atoms with Crippen molar-refractivity contribution < 1.29 is 9.47 Å². The number of rotatable bonds is 6. The lowest BCUT2D eigenvalue weighted by molar-refractivity contribution is 0.0669. The van der Waals surface area contributed by atoms with Gasteiger partial charge in [0.2, 0.25) is 0 Å². The fraction of sp³-hybridized carbons (Fsp3) is 0.545. The summed E-state index contributed by atoms with van der Waals surface area (Å²) in [6.45, 7) is 4.23. The van der Waals surface area contributed by atoms with Gasteiger partial charge in [0.1, 0.15) is 11.3 Å². The minimum Gasteiger partial charge on any atom is -0.382 e. The van der Waals surface area contributed by atoms with Crippen molar-refractivity contribution in [3.8, 4) is 0 Å². The molecule has 2 aromatic rings. The van der Waals surface area contributed by atoms with Gasteiger partial charge >= 0.3 is 0 Å². The Bertz CT molecular complexity index is 529. The van der Waals surface area contributed by atoms with E-state index in [0.717, 1.165) is 5.65 Å². The van der Waals surface area contributed by atoms with Crippen molar-refractivity contribution in [2.45, 2.75) is 13.5 Å². The topological polar surface area (TPSA) is 62.1 Å². The minimum absolute atomic E-state index is 0.386. The third-order valence-electron chi connectivity index (χ3n) is 2.44. The fourth-order valence-corrected chi connectivity index (χ4v) is 1.84. The van der Waals surface area contributed by atoms with Gasteiger partial charge in [0, 0.05) is 13.7 Å². The largest absolute Gasteiger partial charge is 0.382 e. The summed E-state index contributed by atoms with van der Waals surface area (Å²) in [5.41, 5.74) is 1.36. The monoisotopic (exact) mass is 270 g/mol. The Hall–Kier alpha value is -1.24. The van der Waals surface area contributed by atoms with Gasteiger partial charge in [-0.3, -0.25) is 0 Å². The first-order valence-electron chi connectivity index (χ1n) is 5.64. The maximum Gasteiger partial charge on any atom is 0.165 e. The molecule has 6 nitrogen and oxygen atoms in total. The highest BCUT2D eigenvalue weighted by Crippen LogP contribution is 2.18. The third-order valence-corrected chi connectivity index (χ3v) is 2.70. The van der Waals surface area contributed by atoms with Crippen LogP contribution >= 0.6 is 11.6 Å². The van der Waals surface area contributed by atoms with Crippen molar-refractivity contribution >= 4 is 22.8 Å². The van der Waals surface area contributed by atoms with Gasteiger partial charge in [0.15, 0.2) is 10.8 Å². The van der Waals surface area contributed by atoms with E-state index in [-0.39, 0.29) is 0 Å². The first-order chi connectivity index (χ1) is 8.72. The lowest BCUT2D eigenvalue weighted by Crippen LogP contribution is -2.09. The molecule has 0 N–H and O–H groups in total. The van der Waals surface area contributed by atoms with Crippen LogP contribution in [0.1, 0.15) is 5.82 Å². The van der Waals surface area contributed by atoms with Crippen molar-refractivity contribution in [1.82, 2.24) is 19.5 Å². The lowest BCUT2D eigenvalue weighted by atomic mass is 10.5. The first kappa shape index (κ1) is 13.2. The van der Waals surface area contributed by atoms with Crippen LogP contribution in [-0.2, 0) is 16.0 Å². The Morgan fingerprint density at radius 1 is 1.28 bits per heavy atom. The Morgan fingerprint density at radius 3 is 2.89 bits per heavy atom. The van der Waals surface area contributed by atoms with Crippen LogP contribution in [0.15, 0.2) is 6.33 Å². The third kappa shape index (κ3) is 2.95. The van der Waals surface area contributed by atoms with Gasteiger partial charge in [-0.05, 0) is 6.92 Å². The number of fused-ring (bicyclic) bond motifs is 1. The molecule has 0 atom stereocenters. The van der Waals surface area contributed by atoms with Crippen LogP contribution in [0.3, 0.4) is 0 Å². The fourth-order valence-electron chi connectivity index (χ4n) is 1.58. The highest BCUT2D eigenvalue weighted by Gasteiger charge is 2.09. The number of aryl methyl sites for hydroxylation is 1. The molecule has 2 aromatic heterocycles. The molecule has 0 aromatic carbocycles. The number of nitrogens with zero attached hydrogens (tertiary/aromatic N) is 4. The highest BCUT2D eigenvalue weighted by atomic mass is 35.5. The molecule has 0 fully saturated rings. The predicted molar refractivity (Wildman–Crippen MR) is 67.8 cm³/mol. The van der Waals surface area contributed by atoms with Gasteiger partial charge in [0.25, 0.3) is 0 Å². The maximum atomic E-state index is 6.00. The molecule has 0 saturated carbocycles. The number of aromatic nitrogens is 4. The Morgan fingerprint density at radius 2 is 2.11 bits per heavy atom. The van der Waals surface area contributed by atoms with E-state index in [9.17, 15) is 0 Å². The molecule has 0 amide bonds. The van der Waals surface area contributed by atoms with Gasteiger partial charge in [0.05, 0.1) is 26.1 Å². The van der Waals surface area contributed by atoms with Gasteiger partial charge in [-0.2, -0.15) is 0 Å². The summed E-state index contributed by atoms with van der Waals surface area (Å²) in [6, 6.07) is 0. The van der Waals surface area contributed by atoms with Crippen molar-refractivity contribution in [2.24, 2.45) is 0 Å². The van der Waals surface area contributed by atoms with Crippen LogP contribution in [0.5, 0.6) is 0 Å². The summed E-state index contributed by atoms with van der Waals surface area (Å²) in [4.78, 5) is 12.6. The predicted octanol–water partition coefficient (Wildman–Crippen LogP) is 1.45. The van der Waals surface area contributed by atoms with Crippen LogP contribution < -0.4 is 0 Å². The van der Waals surface area contributed by atoms with E-state index < -0.39 is 0 Å². The van der Waals surface area contributed by atoms with Crippen LogP contribution in [-0.4, -0.2) is 46.4 Å². The molecule has 2 rings (SSSR count). The highest BCUT2D eigenvalue weighted by molar-refractivity contribution is 6.33. The van der Waals surface area contributed by atoms with Crippen LogP contribution in [0.4, 0.5) is 0 Å². The van der Waals surface area contributed by atoms with E-state index >= 15 is 0 Å². The molecule has 0 aliphatic heterocycles. The van der Waals surface area contributed by atoms with Crippen molar-refractivity contribution in [3.63, 3.8) is 0 Å². The average molecular weight is 271 g/mol. The Balaban J connectivity index is 2.05. The molecule has 0 spiro atoms. The molecule has 0 bridgehead atoms. The zero-order valence-corrected chi connectivity index (χ0v) is 11.1. The van der Waals surface area contributed by atoms with E-state index in [4.69, 9.17) is 21.1 Å². The molecule has 0 saturated heterocycles.